The zero-order valence-corrected chi connectivity index (χ0v) is 19.0. The van der Waals surface area contributed by atoms with E-state index in [1.807, 2.05) is 6.07 Å². The van der Waals surface area contributed by atoms with Gasteiger partial charge in [-0.2, -0.15) is 17.7 Å². The molecule has 4 aromatic rings. The number of amides is 1. The standard InChI is InChI=1S/C23H19ClF3N5O3/c1-14(35-16-6-4-5-15(13-16)23(25,26)27)22(33)28-11-12-34-20-10-9-19-29-30-21(32(19)31-20)17-7-2-3-8-18(17)24/h2-10,13-14H,11-12H2,1H3,(H,28,33). The van der Waals surface area contributed by atoms with Crippen LogP contribution >= 0.6 is 11.6 Å². The fourth-order valence-corrected chi connectivity index (χ4v) is 3.36. The molecular weight excluding hydrogens is 487 g/mol. The molecule has 1 N–H and O–H groups in total. The summed E-state index contributed by atoms with van der Waals surface area (Å²) >= 11 is 6.25. The van der Waals surface area contributed by atoms with Crippen molar-refractivity contribution in [3.8, 4) is 23.0 Å². The zero-order valence-electron chi connectivity index (χ0n) is 18.3. The molecule has 182 valence electrons. The first-order valence-corrected chi connectivity index (χ1v) is 10.8. The highest BCUT2D eigenvalue weighted by Gasteiger charge is 2.31. The van der Waals surface area contributed by atoms with Gasteiger partial charge < -0.3 is 14.8 Å². The minimum atomic E-state index is -4.50. The van der Waals surface area contributed by atoms with Gasteiger partial charge in [0, 0.05) is 11.6 Å². The fourth-order valence-electron chi connectivity index (χ4n) is 3.14. The molecule has 0 bridgehead atoms. The van der Waals surface area contributed by atoms with Crippen molar-refractivity contribution < 1.29 is 27.4 Å². The monoisotopic (exact) mass is 505 g/mol. The highest BCUT2D eigenvalue weighted by Crippen LogP contribution is 2.31. The summed E-state index contributed by atoms with van der Waals surface area (Å²) in [5, 5.41) is 15.7. The Hall–Kier alpha value is -3.86. The Kier molecular flexibility index (Phi) is 7.06. The average molecular weight is 506 g/mol. The number of hydrogen-bond acceptors (Lipinski definition) is 6. The van der Waals surface area contributed by atoms with Gasteiger partial charge >= 0.3 is 6.18 Å². The first-order valence-electron chi connectivity index (χ1n) is 10.4. The number of carbonyl (C=O) groups is 1. The van der Waals surface area contributed by atoms with Crippen LogP contribution in [0.1, 0.15) is 12.5 Å². The SMILES string of the molecule is CC(Oc1cccc(C(F)(F)F)c1)C(=O)NCCOc1ccc2nnc(-c3ccccc3Cl)n2n1. The normalized spacial score (nSPS) is 12.4. The highest BCUT2D eigenvalue weighted by atomic mass is 35.5. The molecule has 12 heteroatoms. The van der Waals surface area contributed by atoms with Crippen LogP contribution in [0.25, 0.3) is 17.0 Å². The Bertz CT molecular complexity index is 1350. The van der Waals surface area contributed by atoms with Crippen LogP contribution in [-0.4, -0.2) is 45.0 Å². The molecule has 0 spiro atoms. The maximum atomic E-state index is 12.8. The van der Waals surface area contributed by atoms with Crippen LogP contribution in [0.15, 0.2) is 60.7 Å². The lowest BCUT2D eigenvalue weighted by Gasteiger charge is -2.16. The van der Waals surface area contributed by atoms with E-state index in [9.17, 15) is 18.0 Å². The predicted octanol–water partition coefficient (Wildman–Crippen LogP) is 4.43. The average Bonchev–Trinajstić information content (AvgIpc) is 3.24. The van der Waals surface area contributed by atoms with E-state index in [4.69, 9.17) is 21.1 Å². The summed E-state index contributed by atoms with van der Waals surface area (Å²) in [5.41, 5.74) is 0.306. The first-order chi connectivity index (χ1) is 16.7. The molecule has 0 saturated carbocycles. The molecule has 1 unspecified atom stereocenters. The van der Waals surface area contributed by atoms with Gasteiger partial charge in [-0.05, 0) is 43.3 Å². The van der Waals surface area contributed by atoms with E-state index in [1.165, 1.54) is 23.6 Å². The summed E-state index contributed by atoms with van der Waals surface area (Å²) in [6.45, 7) is 1.65. The molecule has 35 heavy (non-hydrogen) atoms. The van der Waals surface area contributed by atoms with E-state index in [2.05, 4.69) is 20.6 Å². The van der Waals surface area contributed by atoms with Crippen molar-refractivity contribution in [1.82, 2.24) is 25.1 Å². The lowest BCUT2D eigenvalue weighted by Crippen LogP contribution is -2.38. The van der Waals surface area contributed by atoms with Gasteiger partial charge in [0.1, 0.15) is 12.4 Å². The molecule has 2 heterocycles. The Balaban J connectivity index is 1.32. The second-order valence-corrected chi connectivity index (χ2v) is 7.78. The number of hydrogen-bond donors (Lipinski definition) is 1. The Morgan fingerprint density at radius 3 is 2.69 bits per heavy atom. The minimum Gasteiger partial charge on any atom is -0.481 e. The van der Waals surface area contributed by atoms with E-state index < -0.39 is 23.8 Å². The molecule has 0 aliphatic carbocycles. The van der Waals surface area contributed by atoms with E-state index >= 15 is 0 Å². The first kappa shape index (κ1) is 24.3. The number of aromatic nitrogens is 4. The number of fused-ring (bicyclic) bond motifs is 1. The van der Waals surface area contributed by atoms with Crippen molar-refractivity contribution in [2.75, 3.05) is 13.2 Å². The molecule has 0 radical (unpaired) electrons. The Morgan fingerprint density at radius 2 is 1.91 bits per heavy atom. The number of carbonyl (C=O) groups excluding carboxylic acids is 1. The maximum absolute atomic E-state index is 12.8. The van der Waals surface area contributed by atoms with E-state index in [1.54, 1.807) is 30.3 Å². The quantitative estimate of drug-likeness (QED) is 0.356. The molecule has 1 amide bonds. The summed E-state index contributed by atoms with van der Waals surface area (Å²) < 4.78 is 50.9. The van der Waals surface area contributed by atoms with Crippen molar-refractivity contribution in [1.29, 1.82) is 0 Å². The van der Waals surface area contributed by atoms with Crippen LogP contribution in [0, 0.1) is 0 Å². The van der Waals surface area contributed by atoms with Crippen molar-refractivity contribution >= 4 is 23.2 Å². The largest absolute Gasteiger partial charge is 0.481 e. The van der Waals surface area contributed by atoms with Crippen molar-refractivity contribution in [2.45, 2.75) is 19.2 Å². The molecule has 2 aromatic carbocycles. The van der Waals surface area contributed by atoms with Crippen molar-refractivity contribution in [3.05, 3.63) is 71.2 Å². The van der Waals surface area contributed by atoms with Gasteiger partial charge in [0.25, 0.3) is 5.91 Å². The maximum Gasteiger partial charge on any atom is 0.416 e. The lowest BCUT2D eigenvalue weighted by molar-refractivity contribution is -0.137. The van der Waals surface area contributed by atoms with Gasteiger partial charge in [0.2, 0.25) is 5.88 Å². The van der Waals surface area contributed by atoms with Crippen molar-refractivity contribution in [2.24, 2.45) is 0 Å². The highest BCUT2D eigenvalue weighted by molar-refractivity contribution is 6.33. The molecule has 8 nitrogen and oxygen atoms in total. The second-order valence-electron chi connectivity index (χ2n) is 7.37. The van der Waals surface area contributed by atoms with Crippen LogP contribution in [-0.2, 0) is 11.0 Å². The summed E-state index contributed by atoms with van der Waals surface area (Å²) in [6.07, 6.45) is -5.51. The summed E-state index contributed by atoms with van der Waals surface area (Å²) in [6, 6.07) is 14.8. The van der Waals surface area contributed by atoms with Gasteiger partial charge in [0.15, 0.2) is 17.6 Å². The van der Waals surface area contributed by atoms with E-state index in [0.29, 0.717) is 22.1 Å². The topological polar surface area (TPSA) is 90.6 Å². The predicted molar refractivity (Wildman–Crippen MR) is 121 cm³/mol. The molecule has 0 fully saturated rings. The third kappa shape index (κ3) is 5.80. The van der Waals surface area contributed by atoms with E-state index in [0.717, 1.165) is 12.1 Å². The number of nitrogens with one attached hydrogen (secondary N) is 1. The van der Waals surface area contributed by atoms with Gasteiger partial charge in [-0.1, -0.05) is 29.8 Å². The molecule has 0 saturated heterocycles. The molecule has 0 aliphatic rings. The number of ether oxygens (including phenoxy) is 2. The number of nitrogens with zero attached hydrogens (tertiary/aromatic N) is 4. The third-order valence-electron chi connectivity index (χ3n) is 4.85. The van der Waals surface area contributed by atoms with Crippen LogP contribution in [0.2, 0.25) is 5.02 Å². The Labute approximate surface area is 202 Å². The minimum absolute atomic E-state index is 0.0560. The molecule has 2 aromatic heterocycles. The summed E-state index contributed by atoms with van der Waals surface area (Å²) in [5.74, 6) is 0.159. The fraction of sp³-hybridized carbons (Fsp3) is 0.217. The lowest BCUT2D eigenvalue weighted by atomic mass is 10.2. The number of rotatable bonds is 8. The number of benzene rings is 2. The molecule has 1 atom stereocenters. The van der Waals surface area contributed by atoms with E-state index in [-0.39, 0.29) is 24.8 Å². The van der Waals surface area contributed by atoms with Gasteiger partial charge in [-0.15, -0.1) is 15.3 Å². The van der Waals surface area contributed by atoms with Gasteiger partial charge in [-0.3, -0.25) is 4.79 Å². The van der Waals surface area contributed by atoms with Crippen LogP contribution < -0.4 is 14.8 Å². The van der Waals surface area contributed by atoms with Crippen LogP contribution in [0.3, 0.4) is 0 Å². The second kappa shape index (κ2) is 10.2. The third-order valence-corrected chi connectivity index (χ3v) is 5.18. The molecule has 0 aliphatic heterocycles. The zero-order chi connectivity index (χ0) is 25.0. The van der Waals surface area contributed by atoms with Crippen LogP contribution in [0.4, 0.5) is 13.2 Å². The van der Waals surface area contributed by atoms with Gasteiger partial charge in [0.05, 0.1) is 17.1 Å². The number of halogens is 4. The molecular formula is C23H19ClF3N5O3. The van der Waals surface area contributed by atoms with Gasteiger partial charge in [-0.25, -0.2) is 0 Å². The summed E-state index contributed by atoms with van der Waals surface area (Å²) in [4.78, 5) is 12.3. The Morgan fingerprint density at radius 1 is 1.11 bits per heavy atom. The van der Waals surface area contributed by atoms with Crippen LogP contribution in [0.5, 0.6) is 11.6 Å². The molecule has 4 rings (SSSR count). The summed E-state index contributed by atoms with van der Waals surface area (Å²) in [7, 11) is 0. The smallest absolute Gasteiger partial charge is 0.416 e. The number of alkyl halides is 3. The van der Waals surface area contributed by atoms with Crippen molar-refractivity contribution in [3.63, 3.8) is 0 Å².